The smallest absolute Gasteiger partial charge is 0.304 e. The topological polar surface area (TPSA) is 62.2 Å². The summed E-state index contributed by atoms with van der Waals surface area (Å²) in [7, 11) is 2.22. The molecule has 3 aliphatic rings. The first-order valence-electron chi connectivity index (χ1n) is 13.6. The van der Waals surface area contributed by atoms with Crippen molar-refractivity contribution in [1.29, 1.82) is 0 Å². The first kappa shape index (κ1) is 25.0. The first-order chi connectivity index (χ1) is 18.4. The highest BCUT2D eigenvalue weighted by molar-refractivity contribution is 5.69. The molecule has 6 nitrogen and oxygen atoms in total. The Balaban J connectivity index is 1.00. The van der Waals surface area contributed by atoms with Crippen LogP contribution in [0.5, 0.6) is 5.75 Å². The molecule has 0 amide bonds. The van der Waals surface area contributed by atoms with Gasteiger partial charge in [-0.3, -0.25) is 9.69 Å². The van der Waals surface area contributed by atoms with E-state index in [4.69, 9.17) is 9.47 Å². The number of piperidine rings is 1. The monoisotopic (exact) mass is 512 g/mol. The molecule has 1 N–H and O–H groups in total. The molecule has 0 saturated carbocycles. The summed E-state index contributed by atoms with van der Waals surface area (Å²) in [5.41, 5.74) is 6.31. The molecule has 2 saturated heterocycles. The average molecular weight is 513 g/mol. The number of para-hydroxylation sites is 1. The SMILES string of the molecule is CN1CC2(CCN(Cc3ccc(COc4ccc(C5(CC(=O)O)COC5)cc4)cc3)CC2)c2ccccc21. The van der Waals surface area contributed by atoms with Crippen molar-refractivity contribution in [3.05, 3.63) is 95.1 Å². The molecule has 6 rings (SSSR count). The van der Waals surface area contributed by atoms with Crippen molar-refractivity contribution in [1.82, 2.24) is 4.90 Å². The van der Waals surface area contributed by atoms with Crippen LogP contribution in [-0.4, -0.2) is 55.9 Å². The van der Waals surface area contributed by atoms with E-state index in [1.54, 1.807) is 0 Å². The molecule has 3 aromatic carbocycles. The number of likely N-dealkylation sites (tertiary alicyclic amines) is 1. The van der Waals surface area contributed by atoms with Crippen molar-refractivity contribution in [2.24, 2.45) is 0 Å². The fourth-order valence-corrected chi connectivity index (χ4v) is 6.53. The predicted molar refractivity (Wildman–Crippen MR) is 148 cm³/mol. The molecular weight excluding hydrogens is 476 g/mol. The molecule has 3 aliphatic heterocycles. The van der Waals surface area contributed by atoms with Gasteiger partial charge >= 0.3 is 5.97 Å². The molecule has 0 aromatic heterocycles. The van der Waals surface area contributed by atoms with Crippen LogP contribution in [0.3, 0.4) is 0 Å². The van der Waals surface area contributed by atoms with Crippen molar-refractivity contribution < 1.29 is 19.4 Å². The second-order valence-electron chi connectivity index (χ2n) is 11.4. The van der Waals surface area contributed by atoms with Gasteiger partial charge in [0.05, 0.1) is 25.0 Å². The Labute approximate surface area is 224 Å². The lowest BCUT2D eigenvalue weighted by Gasteiger charge is -2.40. The number of benzene rings is 3. The average Bonchev–Trinajstić information content (AvgIpc) is 3.18. The Bertz CT molecular complexity index is 1280. The molecular formula is C32H36N2O4. The zero-order valence-electron chi connectivity index (χ0n) is 22.1. The van der Waals surface area contributed by atoms with E-state index in [1.165, 1.54) is 29.7 Å². The molecule has 3 aromatic rings. The summed E-state index contributed by atoms with van der Waals surface area (Å²) in [5.74, 6) is -0.0152. The second-order valence-corrected chi connectivity index (χ2v) is 11.4. The fraction of sp³-hybridized carbons (Fsp3) is 0.406. The molecule has 6 heteroatoms. The van der Waals surface area contributed by atoms with E-state index in [9.17, 15) is 9.90 Å². The van der Waals surface area contributed by atoms with Crippen molar-refractivity contribution >= 4 is 11.7 Å². The number of nitrogens with zero attached hydrogens (tertiary/aromatic N) is 2. The summed E-state index contributed by atoms with van der Waals surface area (Å²) in [6, 6.07) is 25.5. The molecule has 1 spiro atoms. The first-order valence-corrected chi connectivity index (χ1v) is 13.6. The summed E-state index contributed by atoms with van der Waals surface area (Å²) < 4.78 is 11.3. The van der Waals surface area contributed by atoms with E-state index in [-0.39, 0.29) is 6.42 Å². The maximum Gasteiger partial charge on any atom is 0.304 e. The van der Waals surface area contributed by atoms with Crippen LogP contribution in [0, 0.1) is 0 Å². The van der Waals surface area contributed by atoms with Gasteiger partial charge in [0.25, 0.3) is 0 Å². The van der Waals surface area contributed by atoms with Gasteiger partial charge in [0, 0.05) is 31.2 Å². The molecule has 3 heterocycles. The highest BCUT2D eigenvalue weighted by Crippen LogP contribution is 2.46. The molecule has 0 aliphatic carbocycles. The number of carboxylic acids is 1. The number of carboxylic acid groups (broad SMARTS) is 1. The Morgan fingerprint density at radius 3 is 2.29 bits per heavy atom. The van der Waals surface area contributed by atoms with Crippen LogP contribution in [0.1, 0.15) is 41.5 Å². The third-order valence-corrected chi connectivity index (χ3v) is 8.79. The van der Waals surface area contributed by atoms with Gasteiger partial charge in [-0.15, -0.1) is 0 Å². The molecule has 0 radical (unpaired) electrons. The van der Waals surface area contributed by atoms with Crippen LogP contribution in [0.2, 0.25) is 0 Å². The van der Waals surface area contributed by atoms with E-state index >= 15 is 0 Å². The fourth-order valence-electron chi connectivity index (χ4n) is 6.53. The van der Waals surface area contributed by atoms with Crippen LogP contribution in [0.4, 0.5) is 5.69 Å². The normalized spacial score (nSPS) is 19.7. The van der Waals surface area contributed by atoms with E-state index in [2.05, 4.69) is 65.4 Å². The van der Waals surface area contributed by atoms with Gasteiger partial charge in [-0.05, 0) is 66.4 Å². The summed E-state index contributed by atoms with van der Waals surface area (Å²) in [5, 5.41) is 9.25. The quantitative estimate of drug-likeness (QED) is 0.459. The number of hydrogen-bond acceptors (Lipinski definition) is 5. The summed E-state index contributed by atoms with van der Waals surface area (Å²) in [4.78, 5) is 16.3. The zero-order chi connectivity index (χ0) is 26.2. The third-order valence-electron chi connectivity index (χ3n) is 8.79. The van der Waals surface area contributed by atoms with Crippen molar-refractivity contribution in [2.75, 3.05) is 44.8 Å². The molecule has 38 heavy (non-hydrogen) atoms. The minimum Gasteiger partial charge on any atom is -0.489 e. The Kier molecular flexibility index (Phi) is 6.62. The molecule has 198 valence electrons. The van der Waals surface area contributed by atoms with Crippen molar-refractivity contribution in [3.8, 4) is 5.75 Å². The van der Waals surface area contributed by atoms with Crippen LogP contribution < -0.4 is 9.64 Å². The van der Waals surface area contributed by atoms with Crippen LogP contribution in [0.15, 0.2) is 72.8 Å². The maximum absolute atomic E-state index is 11.3. The number of aliphatic carboxylic acids is 1. The minimum atomic E-state index is -0.798. The van der Waals surface area contributed by atoms with Gasteiger partial charge in [-0.1, -0.05) is 54.6 Å². The van der Waals surface area contributed by atoms with Crippen molar-refractivity contribution in [3.63, 3.8) is 0 Å². The molecule has 2 fully saturated rings. The largest absolute Gasteiger partial charge is 0.489 e. The summed E-state index contributed by atoms with van der Waals surface area (Å²) >= 11 is 0. The number of likely N-dealkylation sites (N-methyl/N-ethyl adjacent to an activating group) is 1. The van der Waals surface area contributed by atoms with Gasteiger partial charge in [0.15, 0.2) is 0 Å². The number of fused-ring (bicyclic) bond motifs is 2. The molecule has 0 atom stereocenters. The standard InChI is InChI=1S/C32H36N2O4/c1-33-21-31(28-4-2-3-5-29(28)33)14-16-34(17-15-31)19-24-6-8-25(9-7-24)20-38-27-12-10-26(11-13-27)32(18-30(35)36)22-37-23-32/h2-13H,14-23H2,1H3,(H,35,36). The number of hydrogen-bond donors (Lipinski definition) is 1. The van der Waals surface area contributed by atoms with Crippen LogP contribution in [-0.2, 0) is 33.5 Å². The third kappa shape index (κ3) is 4.79. The minimum absolute atomic E-state index is 0.0865. The number of anilines is 1. The lowest BCUT2D eigenvalue weighted by molar-refractivity contribution is -0.145. The molecule has 0 unspecified atom stereocenters. The van der Waals surface area contributed by atoms with Crippen molar-refractivity contribution in [2.45, 2.75) is 43.2 Å². The van der Waals surface area contributed by atoms with Gasteiger partial charge < -0.3 is 19.5 Å². The number of rotatable bonds is 8. The molecule has 0 bridgehead atoms. The lowest BCUT2D eigenvalue weighted by Crippen LogP contribution is -2.48. The second kappa shape index (κ2) is 10.1. The summed E-state index contributed by atoms with van der Waals surface area (Å²) in [6.07, 6.45) is 2.51. The van der Waals surface area contributed by atoms with Gasteiger partial charge in [-0.25, -0.2) is 0 Å². The maximum atomic E-state index is 11.3. The Hall–Kier alpha value is -3.35. The van der Waals surface area contributed by atoms with E-state index in [1.807, 2.05) is 24.3 Å². The Morgan fingerprint density at radius 1 is 0.947 bits per heavy atom. The number of carbonyl (C=O) groups is 1. The number of ether oxygens (including phenoxy) is 2. The van der Waals surface area contributed by atoms with Gasteiger partial charge in [0.1, 0.15) is 12.4 Å². The van der Waals surface area contributed by atoms with Crippen LogP contribution in [0.25, 0.3) is 0 Å². The highest BCUT2D eigenvalue weighted by atomic mass is 16.5. The van der Waals surface area contributed by atoms with E-state index in [0.29, 0.717) is 25.2 Å². The lowest BCUT2D eigenvalue weighted by atomic mass is 9.74. The van der Waals surface area contributed by atoms with E-state index < -0.39 is 11.4 Å². The predicted octanol–water partition coefficient (Wildman–Crippen LogP) is 4.99. The van der Waals surface area contributed by atoms with Gasteiger partial charge in [-0.2, -0.15) is 0 Å². The van der Waals surface area contributed by atoms with Crippen LogP contribution >= 0.6 is 0 Å². The highest BCUT2D eigenvalue weighted by Gasteiger charge is 2.43. The Morgan fingerprint density at radius 2 is 1.63 bits per heavy atom. The zero-order valence-corrected chi connectivity index (χ0v) is 22.1. The van der Waals surface area contributed by atoms with Gasteiger partial charge in [0.2, 0.25) is 0 Å². The summed E-state index contributed by atoms with van der Waals surface area (Å²) in [6.45, 7) is 5.78. The van der Waals surface area contributed by atoms with E-state index in [0.717, 1.165) is 43.1 Å².